The summed E-state index contributed by atoms with van der Waals surface area (Å²) in [6, 6.07) is 13.9. The molecule has 10 heteroatoms. The average molecular weight is 452 g/mol. The molecule has 0 aliphatic carbocycles. The Labute approximate surface area is 188 Å². The molecule has 1 aliphatic rings. The number of aromatic nitrogens is 2. The molecule has 0 saturated carbocycles. The van der Waals surface area contributed by atoms with Gasteiger partial charge in [0.2, 0.25) is 11.0 Å². The number of hydrogen-bond donors (Lipinski definition) is 1. The Balaban J connectivity index is 1.23. The summed E-state index contributed by atoms with van der Waals surface area (Å²) in [6.45, 7) is 0.397. The Morgan fingerprint density at radius 2 is 1.75 bits per heavy atom. The number of imide groups is 1. The predicted octanol–water partition coefficient (Wildman–Crippen LogP) is 2.79. The van der Waals surface area contributed by atoms with Gasteiger partial charge in [0.15, 0.2) is 0 Å². The zero-order valence-electron chi connectivity index (χ0n) is 17.2. The molecule has 0 radical (unpaired) electrons. The fraction of sp³-hybridized carbons (Fsp3) is 0.227. The number of carbonyl (C=O) groups excluding carboxylic acids is 3. The van der Waals surface area contributed by atoms with E-state index < -0.39 is 0 Å². The van der Waals surface area contributed by atoms with Gasteiger partial charge in [0.1, 0.15) is 16.5 Å². The van der Waals surface area contributed by atoms with E-state index in [2.05, 4.69) is 15.5 Å². The Kier molecular flexibility index (Phi) is 6.41. The number of anilines is 1. The number of methoxy groups -OCH3 is 1. The van der Waals surface area contributed by atoms with Crippen LogP contribution in [0.15, 0.2) is 48.5 Å². The van der Waals surface area contributed by atoms with Crippen LogP contribution >= 0.6 is 11.3 Å². The zero-order chi connectivity index (χ0) is 22.5. The fourth-order valence-electron chi connectivity index (χ4n) is 3.19. The van der Waals surface area contributed by atoms with Crippen LogP contribution in [0.25, 0.3) is 0 Å². The minimum Gasteiger partial charge on any atom is -0.497 e. The lowest BCUT2D eigenvalue weighted by atomic mass is 10.1. The second-order valence-electron chi connectivity index (χ2n) is 6.88. The average Bonchev–Trinajstić information content (AvgIpc) is 3.35. The molecular formula is C22H20N4O5S. The highest BCUT2D eigenvalue weighted by Crippen LogP contribution is 2.23. The summed E-state index contributed by atoms with van der Waals surface area (Å²) in [6.07, 6.45) is 0.499. The van der Waals surface area contributed by atoms with Crippen LogP contribution in [0.4, 0.5) is 5.13 Å². The number of hydrogen-bond acceptors (Lipinski definition) is 8. The number of carbonyl (C=O) groups is 3. The maximum absolute atomic E-state index is 12.4. The quantitative estimate of drug-likeness (QED) is 0.497. The minimum absolute atomic E-state index is 0.00177. The SMILES string of the molecule is COc1cccc(OCCc2nnc(NC(=O)CCN3C(=O)c4ccccc4C3=O)s2)c1. The molecule has 0 bridgehead atoms. The molecule has 164 valence electrons. The Bertz CT molecular complexity index is 1130. The second kappa shape index (κ2) is 9.56. The highest BCUT2D eigenvalue weighted by atomic mass is 32.1. The van der Waals surface area contributed by atoms with Gasteiger partial charge in [0.05, 0.1) is 24.8 Å². The van der Waals surface area contributed by atoms with Gasteiger partial charge in [-0.25, -0.2) is 0 Å². The van der Waals surface area contributed by atoms with Crippen molar-refractivity contribution in [1.29, 1.82) is 0 Å². The summed E-state index contributed by atoms with van der Waals surface area (Å²) in [5.41, 5.74) is 0.727. The van der Waals surface area contributed by atoms with Crippen molar-refractivity contribution in [3.05, 3.63) is 64.7 Å². The highest BCUT2D eigenvalue weighted by Gasteiger charge is 2.34. The molecule has 0 unspecified atom stereocenters. The van der Waals surface area contributed by atoms with Crippen molar-refractivity contribution in [2.75, 3.05) is 25.6 Å². The summed E-state index contributed by atoms with van der Waals surface area (Å²) in [7, 11) is 1.59. The number of fused-ring (bicyclic) bond motifs is 1. The van der Waals surface area contributed by atoms with Crippen molar-refractivity contribution in [3.8, 4) is 11.5 Å². The van der Waals surface area contributed by atoms with Crippen molar-refractivity contribution >= 4 is 34.2 Å². The number of rotatable bonds is 9. The smallest absolute Gasteiger partial charge is 0.261 e. The van der Waals surface area contributed by atoms with Crippen molar-refractivity contribution in [2.45, 2.75) is 12.8 Å². The first-order valence-corrected chi connectivity index (χ1v) is 10.7. The van der Waals surface area contributed by atoms with E-state index in [9.17, 15) is 14.4 Å². The number of nitrogens with zero attached hydrogens (tertiary/aromatic N) is 3. The molecule has 9 nitrogen and oxygen atoms in total. The van der Waals surface area contributed by atoms with Gasteiger partial charge in [-0.15, -0.1) is 10.2 Å². The molecule has 0 fully saturated rings. The molecule has 2 heterocycles. The van der Waals surface area contributed by atoms with Crippen LogP contribution in [0.3, 0.4) is 0 Å². The van der Waals surface area contributed by atoms with E-state index in [4.69, 9.17) is 9.47 Å². The van der Waals surface area contributed by atoms with Crippen molar-refractivity contribution in [3.63, 3.8) is 0 Å². The van der Waals surface area contributed by atoms with Gasteiger partial charge >= 0.3 is 0 Å². The summed E-state index contributed by atoms with van der Waals surface area (Å²) in [5.74, 6) is 0.289. The van der Waals surface area contributed by atoms with Gasteiger partial charge in [0, 0.05) is 25.5 Å². The summed E-state index contributed by atoms with van der Waals surface area (Å²) >= 11 is 1.25. The lowest BCUT2D eigenvalue weighted by Crippen LogP contribution is -2.32. The first kappa shape index (κ1) is 21.4. The minimum atomic E-state index is -0.382. The molecule has 3 aromatic rings. The third-order valence-electron chi connectivity index (χ3n) is 4.78. The van der Waals surface area contributed by atoms with Gasteiger partial charge in [0.25, 0.3) is 11.8 Å². The first-order valence-electron chi connectivity index (χ1n) is 9.89. The third-order valence-corrected chi connectivity index (χ3v) is 5.68. The molecule has 0 saturated heterocycles. The van der Waals surface area contributed by atoms with E-state index in [1.165, 1.54) is 11.3 Å². The van der Waals surface area contributed by atoms with Crippen LogP contribution in [0, 0.1) is 0 Å². The Morgan fingerprint density at radius 3 is 2.47 bits per heavy atom. The van der Waals surface area contributed by atoms with Gasteiger partial charge in [-0.1, -0.05) is 29.5 Å². The molecule has 1 aliphatic heterocycles. The lowest BCUT2D eigenvalue weighted by Gasteiger charge is -2.12. The van der Waals surface area contributed by atoms with Crippen LogP contribution in [-0.2, 0) is 11.2 Å². The molecule has 0 spiro atoms. The Morgan fingerprint density at radius 1 is 1.03 bits per heavy atom. The molecule has 0 atom stereocenters. The number of nitrogens with one attached hydrogen (secondary N) is 1. The Hall–Kier alpha value is -3.79. The van der Waals surface area contributed by atoms with E-state index >= 15 is 0 Å². The lowest BCUT2D eigenvalue weighted by molar-refractivity contribution is -0.116. The first-order chi connectivity index (χ1) is 15.5. The zero-order valence-corrected chi connectivity index (χ0v) is 18.1. The van der Waals surface area contributed by atoms with E-state index in [1.807, 2.05) is 18.2 Å². The summed E-state index contributed by atoms with van der Waals surface area (Å²) < 4.78 is 10.8. The monoisotopic (exact) mass is 452 g/mol. The van der Waals surface area contributed by atoms with Gasteiger partial charge in [-0.2, -0.15) is 0 Å². The maximum atomic E-state index is 12.4. The van der Waals surface area contributed by atoms with E-state index in [0.717, 1.165) is 4.90 Å². The largest absolute Gasteiger partial charge is 0.497 e. The second-order valence-corrected chi connectivity index (χ2v) is 7.95. The molecule has 2 aromatic carbocycles. The van der Waals surface area contributed by atoms with Crippen molar-refractivity contribution in [1.82, 2.24) is 15.1 Å². The normalized spacial score (nSPS) is 12.6. The standard InChI is InChI=1S/C22H20N4O5S/c1-30-14-5-4-6-15(13-14)31-12-10-19-24-25-22(32-19)23-18(27)9-11-26-20(28)16-7-2-3-8-17(16)21(26)29/h2-8,13H,9-12H2,1H3,(H,23,25,27). The van der Waals surface area contributed by atoms with E-state index in [-0.39, 0.29) is 30.7 Å². The van der Waals surface area contributed by atoms with Gasteiger partial charge < -0.3 is 14.8 Å². The van der Waals surface area contributed by atoms with Crippen LogP contribution in [-0.4, -0.2) is 53.1 Å². The maximum Gasteiger partial charge on any atom is 0.261 e. The molecule has 1 aromatic heterocycles. The van der Waals surface area contributed by atoms with Gasteiger partial charge in [-0.3, -0.25) is 19.3 Å². The predicted molar refractivity (Wildman–Crippen MR) is 117 cm³/mol. The molecule has 4 rings (SSSR count). The third kappa shape index (κ3) is 4.75. The van der Waals surface area contributed by atoms with Crippen molar-refractivity contribution in [2.24, 2.45) is 0 Å². The van der Waals surface area contributed by atoms with E-state index in [0.29, 0.717) is 45.8 Å². The topological polar surface area (TPSA) is 111 Å². The van der Waals surface area contributed by atoms with Crippen LogP contribution in [0.1, 0.15) is 32.1 Å². The highest BCUT2D eigenvalue weighted by molar-refractivity contribution is 7.15. The molecule has 1 N–H and O–H groups in total. The van der Waals surface area contributed by atoms with Gasteiger partial charge in [-0.05, 0) is 24.3 Å². The molecule has 3 amide bonds. The van der Waals surface area contributed by atoms with Crippen LogP contribution < -0.4 is 14.8 Å². The number of amides is 3. The number of ether oxygens (including phenoxy) is 2. The molecular weight excluding hydrogens is 432 g/mol. The van der Waals surface area contributed by atoms with Crippen LogP contribution in [0.5, 0.6) is 11.5 Å². The number of benzene rings is 2. The summed E-state index contributed by atoms with van der Waals surface area (Å²) in [4.78, 5) is 38.1. The summed E-state index contributed by atoms with van der Waals surface area (Å²) in [5, 5.41) is 11.7. The van der Waals surface area contributed by atoms with E-state index in [1.54, 1.807) is 37.4 Å². The van der Waals surface area contributed by atoms with Crippen LogP contribution in [0.2, 0.25) is 0 Å². The fourth-order valence-corrected chi connectivity index (χ4v) is 3.93. The molecule has 32 heavy (non-hydrogen) atoms. The van der Waals surface area contributed by atoms with Crippen molar-refractivity contribution < 1.29 is 23.9 Å².